The molecule has 0 heterocycles. The molecule has 0 fully saturated rings. The molecule has 1 atom stereocenters. The second-order valence-electron chi connectivity index (χ2n) is 3.82. The zero-order valence-electron chi connectivity index (χ0n) is 9.72. The number of hydrogen-bond acceptors (Lipinski definition) is 2. The van der Waals surface area contributed by atoms with Crippen LogP contribution in [-0.2, 0) is 4.79 Å². The van der Waals surface area contributed by atoms with Crippen LogP contribution in [0.15, 0.2) is 53.0 Å². The molecule has 3 nitrogen and oxygen atoms in total. The Morgan fingerprint density at radius 1 is 1.21 bits per heavy atom. The van der Waals surface area contributed by atoms with Gasteiger partial charge in [0.25, 0.3) is 0 Å². The Hall–Kier alpha value is -1.88. The third-order valence-electron chi connectivity index (χ3n) is 2.47. The molecule has 0 amide bonds. The van der Waals surface area contributed by atoms with Crippen molar-refractivity contribution in [1.29, 1.82) is 0 Å². The molecular formula is C14H10BrFO3. The molecule has 2 aromatic rings. The monoisotopic (exact) mass is 324 g/mol. The van der Waals surface area contributed by atoms with E-state index in [4.69, 9.17) is 4.74 Å². The molecule has 0 bridgehead atoms. The van der Waals surface area contributed by atoms with Gasteiger partial charge in [-0.15, -0.1) is 0 Å². The molecule has 0 saturated heterocycles. The Labute approximate surface area is 117 Å². The van der Waals surface area contributed by atoms with Gasteiger partial charge in [-0.2, -0.15) is 0 Å². The lowest BCUT2D eigenvalue weighted by Crippen LogP contribution is -2.18. The van der Waals surface area contributed by atoms with Crippen molar-refractivity contribution in [2.75, 3.05) is 0 Å². The summed E-state index contributed by atoms with van der Waals surface area (Å²) in [6.07, 6.45) is -1.14. The predicted octanol–water partition coefficient (Wildman–Crippen LogP) is 3.79. The van der Waals surface area contributed by atoms with Gasteiger partial charge < -0.3 is 9.84 Å². The normalized spacial score (nSPS) is 11.9. The molecule has 0 spiro atoms. The summed E-state index contributed by atoms with van der Waals surface area (Å²) in [6.45, 7) is 0. The lowest BCUT2D eigenvalue weighted by molar-refractivity contribution is -0.145. The number of ether oxygens (including phenoxy) is 1. The fourth-order valence-corrected chi connectivity index (χ4v) is 2.03. The highest BCUT2D eigenvalue weighted by Gasteiger charge is 2.22. The number of carboxylic acid groups (broad SMARTS) is 1. The van der Waals surface area contributed by atoms with Crippen molar-refractivity contribution in [3.63, 3.8) is 0 Å². The highest BCUT2D eigenvalue weighted by atomic mass is 79.9. The molecule has 0 aliphatic heterocycles. The lowest BCUT2D eigenvalue weighted by atomic mass is 10.1. The van der Waals surface area contributed by atoms with Crippen LogP contribution in [0, 0.1) is 5.82 Å². The number of benzene rings is 2. The summed E-state index contributed by atoms with van der Waals surface area (Å²) in [7, 11) is 0. The molecule has 0 aliphatic carbocycles. The first-order valence-corrected chi connectivity index (χ1v) is 6.26. The molecule has 98 valence electrons. The quantitative estimate of drug-likeness (QED) is 0.930. The molecule has 2 aromatic carbocycles. The number of carbonyl (C=O) groups is 1. The number of rotatable bonds is 4. The topological polar surface area (TPSA) is 46.5 Å². The Bertz CT molecular complexity index is 586. The van der Waals surface area contributed by atoms with Crippen LogP contribution in [0.4, 0.5) is 4.39 Å². The lowest BCUT2D eigenvalue weighted by Gasteiger charge is -2.16. The van der Waals surface area contributed by atoms with E-state index in [2.05, 4.69) is 15.9 Å². The first-order valence-electron chi connectivity index (χ1n) is 5.47. The minimum Gasteiger partial charge on any atom is -0.478 e. The van der Waals surface area contributed by atoms with E-state index in [9.17, 15) is 14.3 Å². The molecule has 0 saturated carbocycles. The predicted molar refractivity (Wildman–Crippen MR) is 71.5 cm³/mol. The minimum absolute atomic E-state index is 0.276. The number of halogens is 2. The molecule has 0 unspecified atom stereocenters. The van der Waals surface area contributed by atoms with Gasteiger partial charge in [0, 0.05) is 5.56 Å². The Morgan fingerprint density at radius 3 is 2.47 bits per heavy atom. The van der Waals surface area contributed by atoms with Gasteiger partial charge in [-0.3, -0.25) is 0 Å². The van der Waals surface area contributed by atoms with Crippen molar-refractivity contribution in [3.05, 3.63) is 64.4 Å². The molecule has 19 heavy (non-hydrogen) atoms. The SMILES string of the molecule is O=C(O)[C@@H](Oc1ccc(F)cc1Br)c1ccccc1. The van der Waals surface area contributed by atoms with Gasteiger partial charge in [0.1, 0.15) is 11.6 Å². The minimum atomic E-state index is -1.14. The van der Waals surface area contributed by atoms with Crippen molar-refractivity contribution < 1.29 is 19.0 Å². The van der Waals surface area contributed by atoms with E-state index in [1.165, 1.54) is 18.2 Å². The van der Waals surface area contributed by atoms with Crippen molar-refractivity contribution in [2.24, 2.45) is 0 Å². The second kappa shape index (κ2) is 5.84. The first-order chi connectivity index (χ1) is 9.08. The van der Waals surface area contributed by atoms with E-state index in [0.29, 0.717) is 10.0 Å². The van der Waals surface area contributed by atoms with Crippen LogP contribution in [0.25, 0.3) is 0 Å². The fourth-order valence-electron chi connectivity index (χ4n) is 1.59. The van der Waals surface area contributed by atoms with Gasteiger partial charge in [0.15, 0.2) is 0 Å². The van der Waals surface area contributed by atoms with Crippen LogP contribution in [0.5, 0.6) is 5.75 Å². The van der Waals surface area contributed by atoms with E-state index in [0.717, 1.165) is 0 Å². The van der Waals surface area contributed by atoms with Crippen molar-refractivity contribution >= 4 is 21.9 Å². The van der Waals surface area contributed by atoms with E-state index in [1.54, 1.807) is 30.3 Å². The number of hydrogen-bond donors (Lipinski definition) is 1. The Balaban J connectivity index is 2.29. The summed E-state index contributed by atoms with van der Waals surface area (Å²) < 4.78 is 18.8. The van der Waals surface area contributed by atoms with E-state index >= 15 is 0 Å². The molecule has 0 radical (unpaired) electrons. The van der Waals surface area contributed by atoms with Crippen LogP contribution in [0.2, 0.25) is 0 Å². The Morgan fingerprint density at radius 2 is 1.89 bits per heavy atom. The smallest absolute Gasteiger partial charge is 0.349 e. The van der Waals surface area contributed by atoms with E-state index in [-0.39, 0.29) is 5.75 Å². The average Bonchev–Trinajstić information content (AvgIpc) is 2.38. The number of carboxylic acids is 1. The van der Waals surface area contributed by atoms with Crippen LogP contribution >= 0.6 is 15.9 Å². The summed E-state index contributed by atoms with van der Waals surface area (Å²) >= 11 is 3.14. The van der Waals surface area contributed by atoms with Gasteiger partial charge in [-0.05, 0) is 34.1 Å². The van der Waals surface area contributed by atoms with Gasteiger partial charge in [0.2, 0.25) is 6.10 Å². The molecule has 0 aromatic heterocycles. The van der Waals surface area contributed by atoms with Crippen molar-refractivity contribution in [1.82, 2.24) is 0 Å². The molecule has 5 heteroatoms. The first kappa shape index (κ1) is 13.5. The highest BCUT2D eigenvalue weighted by Crippen LogP contribution is 2.30. The summed E-state index contributed by atoms with van der Waals surface area (Å²) in [5.74, 6) is -1.26. The van der Waals surface area contributed by atoms with Crippen LogP contribution in [0.1, 0.15) is 11.7 Å². The molecule has 2 rings (SSSR count). The van der Waals surface area contributed by atoms with E-state index < -0.39 is 17.9 Å². The van der Waals surface area contributed by atoms with Crippen molar-refractivity contribution in [3.8, 4) is 5.75 Å². The zero-order valence-corrected chi connectivity index (χ0v) is 11.3. The van der Waals surface area contributed by atoms with Crippen LogP contribution in [0.3, 0.4) is 0 Å². The summed E-state index contributed by atoms with van der Waals surface area (Å²) in [5, 5.41) is 9.22. The Kier molecular flexibility index (Phi) is 4.16. The van der Waals surface area contributed by atoms with Crippen LogP contribution < -0.4 is 4.74 Å². The third kappa shape index (κ3) is 3.32. The maximum absolute atomic E-state index is 13.0. The zero-order chi connectivity index (χ0) is 13.8. The summed E-state index contributed by atoms with van der Waals surface area (Å²) in [5.41, 5.74) is 0.520. The standard InChI is InChI=1S/C14H10BrFO3/c15-11-8-10(16)6-7-12(11)19-13(14(17)18)9-4-2-1-3-5-9/h1-8,13H,(H,17,18)/t13-/m0/s1. The maximum Gasteiger partial charge on any atom is 0.349 e. The van der Waals surface area contributed by atoms with Gasteiger partial charge in [0.05, 0.1) is 4.47 Å². The second-order valence-corrected chi connectivity index (χ2v) is 4.68. The molecular weight excluding hydrogens is 315 g/mol. The highest BCUT2D eigenvalue weighted by molar-refractivity contribution is 9.10. The fraction of sp³-hybridized carbons (Fsp3) is 0.0714. The largest absolute Gasteiger partial charge is 0.478 e. The summed E-state index contributed by atoms with van der Waals surface area (Å²) in [6, 6.07) is 12.4. The van der Waals surface area contributed by atoms with Gasteiger partial charge in [-0.1, -0.05) is 30.3 Å². The average molecular weight is 325 g/mol. The van der Waals surface area contributed by atoms with Crippen molar-refractivity contribution in [2.45, 2.75) is 6.10 Å². The molecule has 1 N–H and O–H groups in total. The van der Waals surface area contributed by atoms with Crippen LogP contribution in [-0.4, -0.2) is 11.1 Å². The number of aliphatic carboxylic acids is 1. The van der Waals surface area contributed by atoms with Gasteiger partial charge in [-0.25, -0.2) is 9.18 Å². The molecule has 0 aliphatic rings. The maximum atomic E-state index is 13.0. The third-order valence-corrected chi connectivity index (χ3v) is 3.09. The summed E-state index contributed by atoms with van der Waals surface area (Å²) in [4.78, 5) is 11.3. The van der Waals surface area contributed by atoms with Gasteiger partial charge >= 0.3 is 5.97 Å². The van der Waals surface area contributed by atoms with E-state index in [1.807, 2.05) is 0 Å².